The van der Waals surface area contributed by atoms with Crippen molar-refractivity contribution in [2.75, 3.05) is 7.05 Å². The summed E-state index contributed by atoms with van der Waals surface area (Å²) in [4.78, 5) is 40.7. The number of hydrogen-bond donors (Lipinski definition) is 0. The Morgan fingerprint density at radius 1 is 1.06 bits per heavy atom. The lowest BCUT2D eigenvalue weighted by Gasteiger charge is -2.31. The van der Waals surface area contributed by atoms with Gasteiger partial charge in [-0.2, -0.15) is 0 Å². The smallest absolute Gasteiger partial charge is 0.282 e. The summed E-state index contributed by atoms with van der Waals surface area (Å²) in [5.41, 5.74) is 1.04. The first-order chi connectivity index (χ1) is 16.3. The zero-order valence-corrected chi connectivity index (χ0v) is 18.4. The normalized spacial score (nSPS) is 17.6. The second kappa shape index (κ2) is 9.27. The Labute approximate surface area is 195 Å². The molecular weight excluding hydrogens is 437 g/mol. The van der Waals surface area contributed by atoms with Crippen LogP contribution in [0.25, 0.3) is 5.57 Å². The summed E-state index contributed by atoms with van der Waals surface area (Å²) in [7, 11) is 1.56. The molecule has 1 fully saturated rings. The zero-order chi connectivity index (χ0) is 24.4. The minimum atomic E-state index is -0.951. The topological polar surface area (TPSA) is 83.8 Å². The van der Waals surface area contributed by atoms with Crippen LogP contribution in [-0.2, 0) is 11.2 Å². The van der Waals surface area contributed by atoms with E-state index in [0.29, 0.717) is 11.1 Å². The molecular formula is C26H22FN3O4. The number of nitro groups is 1. The van der Waals surface area contributed by atoms with Crippen LogP contribution in [-0.4, -0.2) is 45.8 Å². The van der Waals surface area contributed by atoms with Crippen molar-refractivity contribution in [1.29, 1.82) is 0 Å². The van der Waals surface area contributed by atoms with E-state index >= 15 is 0 Å². The molecule has 0 saturated carbocycles. The Hall–Kier alpha value is -4.33. The van der Waals surface area contributed by atoms with Gasteiger partial charge in [0.2, 0.25) is 5.91 Å². The van der Waals surface area contributed by atoms with Gasteiger partial charge in [-0.1, -0.05) is 67.2 Å². The van der Waals surface area contributed by atoms with Crippen LogP contribution in [0.4, 0.5) is 10.1 Å². The summed E-state index contributed by atoms with van der Waals surface area (Å²) < 4.78 is 14.1. The molecule has 0 bridgehead atoms. The first kappa shape index (κ1) is 22.8. The second-order valence-corrected chi connectivity index (χ2v) is 8.05. The Morgan fingerprint density at radius 2 is 1.68 bits per heavy atom. The Bertz CT molecular complexity index is 1260. The van der Waals surface area contributed by atoms with E-state index in [1.807, 2.05) is 48.5 Å². The van der Waals surface area contributed by atoms with Gasteiger partial charge in [0.05, 0.1) is 4.92 Å². The summed E-state index contributed by atoms with van der Waals surface area (Å²) in [6.07, 6.45) is -0.712. The molecule has 0 N–H and O–H groups in total. The number of amides is 2. The van der Waals surface area contributed by atoms with Crippen molar-refractivity contribution >= 4 is 23.1 Å². The SMILES string of the molecule is C=C(c1ccccc1)[C@@H]1N(C)C(=O)[C@H](Cc2ccccc2)N1C(=O)c1cc(F)ccc1[N+](=O)[O-]. The van der Waals surface area contributed by atoms with E-state index in [9.17, 15) is 24.1 Å². The van der Waals surface area contributed by atoms with E-state index in [1.165, 1.54) is 9.80 Å². The molecule has 0 spiro atoms. The number of likely N-dealkylation sites (N-methyl/N-ethyl adjacent to an activating group) is 1. The molecule has 8 heteroatoms. The Morgan fingerprint density at radius 3 is 2.29 bits per heavy atom. The van der Waals surface area contributed by atoms with Gasteiger partial charge in [-0.3, -0.25) is 19.7 Å². The monoisotopic (exact) mass is 459 g/mol. The number of carbonyl (C=O) groups is 2. The van der Waals surface area contributed by atoms with E-state index in [4.69, 9.17) is 0 Å². The molecule has 3 aromatic rings. The summed E-state index contributed by atoms with van der Waals surface area (Å²) >= 11 is 0. The summed E-state index contributed by atoms with van der Waals surface area (Å²) in [5.74, 6) is -1.93. The predicted molar refractivity (Wildman–Crippen MR) is 125 cm³/mol. The molecule has 0 unspecified atom stereocenters. The van der Waals surface area contributed by atoms with Crippen LogP contribution in [0.1, 0.15) is 21.5 Å². The molecule has 1 saturated heterocycles. The number of nitrogens with zero attached hydrogens (tertiary/aromatic N) is 3. The van der Waals surface area contributed by atoms with Crippen molar-refractivity contribution in [3.8, 4) is 0 Å². The fraction of sp³-hybridized carbons (Fsp3) is 0.154. The van der Waals surface area contributed by atoms with Crippen LogP contribution < -0.4 is 0 Å². The lowest BCUT2D eigenvalue weighted by molar-refractivity contribution is -0.385. The van der Waals surface area contributed by atoms with Gasteiger partial charge in [-0.25, -0.2) is 4.39 Å². The Balaban J connectivity index is 1.84. The van der Waals surface area contributed by atoms with Crippen LogP contribution in [0.15, 0.2) is 85.4 Å². The minimum absolute atomic E-state index is 0.192. The van der Waals surface area contributed by atoms with Crippen molar-refractivity contribution in [1.82, 2.24) is 9.80 Å². The Kier molecular flexibility index (Phi) is 6.23. The molecule has 34 heavy (non-hydrogen) atoms. The molecule has 1 aliphatic heterocycles. The second-order valence-electron chi connectivity index (χ2n) is 8.05. The third kappa shape index (κ3) is 4.17. The van der Waals surface area contributed by atoms with Gasteiger partial charge >= 0.3 is 0 Å². The first-order valence-corrected chi connectivity index (χ1v) is 10.6. The molecule has 2 amide bonds. The van der Waals surface area contributed by atoms with Crippen LogP contribution >= 0.6 is 0 Å². The standard InChI is InChI=1S/C26H22FN3O4/c1-17(19-11-7-4-8-12-19)24-28(2)26(32)23(15-18-9-5-3-6-10-18)29(24)25(31)21-16-20(27)13-14-22(21)30(33)34/h3-14,16,23-24H,1,15H2,2H3/t23-,24+/m0/s1. The van der Waals surface area contributed by atoms with Crippen molar-refractivity contribution in [2.45, 2.75) is 18.6 Å². The molecule has 4 rings (SSSR count). The molecule has 0 aromatic heterocycles. The van der Waals surface area contributed by atoms with E-state index in [0.717, 1.165) is 23.8 Å². The highest BCUT2D eigenvalue weighted by molar-refractivity contribution is 6.04. The van der Waals surface area contributed by atoms with Crippen molar-refractivity contribution < 1.29 is 18.9 Å². The fourth-order valence-corrected chi connectivity index (χ4v) is 4.29. The number of rotatable bonds is 6. The van der Waals surface area contributed by atoms with Crippen molar-refractivity contribution in [3.63, 3.8) is 0 Å². The van der Waals surface area contributed by atoms with Gasteiger partial charge in [0.25, 0.3) is 11.6 Å². The highest BCUT2D eigenvalue weighted by Crippen LogP contribution is 2.35. The lowest BCUT2D eigenvalue weighted by Crippen LogP contribution is -2.45. The van der Waals surface area contributed by atoms with Crippen molar-refractivity contribution in [2.24, 2.45) is 0 Å². The van der Waals surface area contributed by atoms with Gasteiger partial charge in [0.15, 0.2) is 0 Å². The maximum atomic E-state index is 14.1. The van der Waals surface area contributed by atoms with Gasteiger partial charge < -0.3 is 9.80 Å². The number of benzene rings is 3. The molecule has 3 aromatic carbocycles. The quantitative estimate of drug-likeness (QED) is 0.407. The predicted octanol–water partition coefficient (Wildman–Crippen LogP) is 4.30. The van der Waals surface area contributed by atoms with Crippen molar-refractivity contribution in [3.05, 3.63) is 118 Å². The van der Waals surface area contributed by atoms with E-state index < -0.39 is 40.1 Å². The molecule has 1 aliphatic rings. The lowest BCUT2D eigenvalue weighted by atomic mass is 10.0. The largest absolute Gasteiger partial charge is 0.319 e. The van der Waals surface area contributed by atoms with E-state index in [-0.39, 0.29) is 12.3 Å². The average molecular weight is 459 g/mol. The zero-order valence-electron chi connectivity index (χ0n) is 18.4. The molecule has 1 heterocycles. The number of carbonyl (C=O) groups excluding carboxylic acids is 2. The van der Waals surface area contributed by atoms with Crippen LogP contribution in [0, 0.1) is 15.9 Å². The van der Waals surface area contributed by atoms with Gasteiger partial charge in [0.1, 0.15) is 23.6 Å². The van der Waals surface area contributed by atoms with Crippen LogP contribution in [0.2, 0.25) is 0 Å². The number of halogens is 1. The minimum Gasteiger partial charge on any atom is -0.319 e. The maximum absolute atomic E-state index is 14.1. The number of nitro benzene ring substituents is 1. The maximum Gasteiger partial charge on any atom is 0.282 e. The average Bonchev–Trinajstić information content (AvgIpc) is 3.09. The van der Waals surface area contributed by atoms with E-state index in [2.05, 4.69) is 6.58 Å². The van der Waals surface area contributed by atoms with Crippen LogP contribution in [0.3, 0.4) is 0 Å². The van der Waals surface area contributed by atoms with Crippen LogP contribution in [0.5, 0.6) is 0 Å². The van der Waals surface area contributed by atoms with Gasteiger partial charge in [-0.15, -0.1) is 0 Å². The van der Waals surface area contributed by atoms with Gasteiger partial charge in [-0.05, 0) is 28.8 Å². The fourth-order valence-electron chi connectivity index (χ4n) is 4.29. The third-order valence-electron chi connectivity index (χ3n) is 5.95. The molecule has 172 valence electrons. The molecule has 2 atom stereocenters. The third-order valence-corrected chi connectivity index (χ3v) is 5.95. The number of hydrogen-bond acceptors (Lipinski definition) is 4. The first-order valence-electron chi connectivity index (χ1n) is 10.6. The summed E-state index contributed by atoms with van der Waals surface area (Å²) in [5, 5.41) is 11.6. The summed E-state index contributed by atoms with van der Waals surface area (Å²) in [6.45, 7) is 4.14. The molecule has 7 nitrogen and oxygen atoms in total. The summed E-state index contributed by atoms with van der Waals surface area (Å²) in [6, 6.07) is 20.0. The van der Waals surface area contributed by atoms with Gasteiger partial charge in [0, 0.05) is 19.5 Å². The molecule has 0 aliphatic carbocycles. The molecule has 0 radical (unpaired) electrons. The highest BCUT2D eigenvalue weighted by Gasteiger charge is 2.49. The van der Waals surface area contributed by atoms with E-state index in [1.54, 1.807) is 19.2 Å². The highest BCUT2D eigenvalue weighted by atomic mass is 19.1.